The van der Waals surface area contributed by atoms with E-state index in [0.717, 1.165) is 65.7 Å². The van der Waals surface area contributed by atoms with Gasteiger partial charge < -0.3 is 14.5 Å². The first-order chi connectivity index (χ1) is 13.6. The third-order valence-corrected chi connectivity index (χ3v) is 7.44. The number of amides is 1. The van der Waals surface area contributed by atoms with E-state index in [1.807, 2.05) is 11.8 Å². The van der Waals surface area contributed by atoms with Crippen LogP contribution in [0.15, 0.2) is 24.3 Å². The maximum Gasteiger partial charge on any atom is 0.264 e. The lowest BCUT2D eigenvalue weighted by Crippen LogP contribution is -2.29. The minimum atomic E-state index is 0.188. The lowest BCUT2D eigenvalue weighted by atomic mass is 9.89. The van der Waals surface area contributed by atoms with Crippen LogP contribution in [-0.2, 0) is 0 Å². The zero-order valence-electron chi connectivity index (χ0n) is 17.2. The van der Waals surface area contributed by atoms with Gasteiger partial charge in [-0.05, 0) is 88.0 Å². The molecule has 0 saturated carbocycles. The Kier molecular flexibility index (Phi) is 5.74. The van der Waals surface area contributed by atoms with Gasteiger partial charge in [0.1, 0.15) is 5.75 Å². The van der Waals surface area contributed by atoms with Crippen molar-refractivity contribution in [1.29, 1.82) is 0 Å². The average Bonchev–Trinajstić information content (AvgIpc) is 3.37. The number of benzene rings is 1. The van der Waals surface area contributed by atoms with Crippen molar-refractivity contribution < 1.29 is 9.53 Å². The molecule has 5 heteroatoms. The Morgan fingerprint density at radius 3 is 2.50 bits per heavy atom. The Hall–Kier alpha value is -1.85. The van der Waals surface area contributed by atoms with Crippen LogP contribution in [0.25, 0.3) is 10.4 Å². The van der Waals surface area contributed by atoms with E-state index in [4.69, 9.17) is 4.74 Å². The summed E-state index contributed by atoms with van der Waals surface area (Å²) in [6.07, 6.45) is 4.64. The van der Waals surface area contributed by atoms with Gasteiger partial charge >= 0.3 is 0 Å². The van der Waals surface area contributed by atoms with E-state index in [0.29, 0.717) is 5.92 Å². The molecule has 4 nitrogen and oxygen atoms in total. The fourth-order valence-electron chi connectivity index (χ4n) is 4.40. The van der Waals surface area contributed by atoms with Crippen molar-refractivity contribution in [2.75, 3.05) is 40.3 Å². The Morgan fingerprint density at radius 1 is 1.11 bits per heavy atom. The molecule has 1 amide bonds. The van der Waals surface area contributed by atoms with Gasteiger partial charge in [0.05, 0.1) is 12.0 Å². The second kappa shape index (κ2) is 8.26. The number of hydrogen-bond acceptors (Lipinski definition) is 4. The molecular weight excluding hydrogens is 368 g/mol. The molecule has 28 heavy (non-hydrogen) atoms. The van der Waals surface area contributed by atoms with Crippen LogP contribution in [-0.4, -0.2) is 56.0 Å². The van der Waals surface area contributed by atoms with Gasteiger partial charge in [0, 0.05) is 23.5 Å². The van der Waals surface area contributed by atoms with Gasteiger partial charge in [-0.1, -0.05) is 6.07 Å². The molecule has 2 saturated heterocycles. The van der Waals surface area contributed by atoms with Gasteiger partial charge in [-0.25, -0.2) is 0 Å². The number of carbonyl (C=O) groups excluding carboxylic acids is 1. The molecule has 2 aliphatic rings. The zero-order chi connectivity index (χ0) is 19.7. The quantitative estimate of drug-likeness (QED) is 0.743. The van der Waals surface area contributed by atoms with Crippen molar-refractivity contribution >= 4 is 17.2 Å². The fraction of sp³-hybridized carbons (Fsp3) is 0.522. The van der Waals surface area contributed by atoms with Crippen molar-refractivity contribution in [2.24, 2.45) is 0 Å². The first kappa shape index (κ1) is 19.5. The molecule has 0 unspecified atom stereocenters. The van der Waals surface area contributed by atoms with E-state index in [-0.39, 0.29) is 5.91 Å². The number of aryl methyl sites for hydroxylation is 1. The number of carbonyl (C=O) groups is 1. The molecule has 150 valence electrons. The second-order valence-corrected chi connectivity index (χ2v) is 9.21. The Bertz CT molecular complexity index is 846. The number of rotatable bonds is 4. The molecule has 1 aromatic carbocycles. The van der Waals surface area contributed by atoms with E-state index < -0.39 is 0 Å². The predicted octanol–water partition coefficient (Wildman–Crippen LogP) is 4.78. The van der Waals surface area contributed by atoms with Gasteiger partial charge in [-0.3, -0.25) is 4.79 Å². The molecule has 0 spiro atoms. The Balaban J connectivity index is 1.60. The van der Waals surface area contributed by atoms with Gasteiger partial charge in [0.25, 0.3) is 5.91 Å². The summed E-state index contributed by atoms with van der Waals surface area (Å²) in [5.74, 6) is 1.71. The highest BCUT2D eigenvalue weighted by molar-refractivity contribution is 7.17. The fourth-order valence-corrected chi connectivity index (χ4v) is 5.57. The summed E-state index contributed by atoms with van der Waals surface area (Å²) >= 11 is 1.60. The largest absolute Gasteiger partial charge is 0.496 e. The molecule has 0 N–H and O–H groups in total. The highest BCUT2D eigenvalue weighted by Gasteiger charge is 2.24. The molecule has 0 radical (unpaired) electrons. The van der Waals surface area contributed by atoms with Crippen molar-refractivity contribution in [3.8, 4) is 16.2 Å². The monoisotopic (exact) mass is 398 g/mol. The molecule has 0 aliphatic carbocycles. The van der Waals surface area contributed by atoms with Gasteiger partial charge in [0.15, 0.2) is 0 Å². The number of thiophene rings is 1. The zero-order valence-corrected chi connectivity index (χ0v) is 18.0. The normalized spacial score (nSPS) is 18.6. The minimum absolute atomic E-state index is 0.188. The van der Waals surface area contributed by atoms with Crippen LogP contribution in [0.2, 0.25) is 0 Å². The van der Waals surface area contributed by atoms with Crippen molar-refractivity contribution in [1.82, 2.24) is 9.80 Å². The molecule has 2 aliphatic heterocycles. The SMILES string of the molecule is COc1cc(C2CCN(C)CC2)ccc1-c1cc(C)c(C(=O)N2CCCC2)s1. The van der Waals surface area contributed by atoms with Crippen LogP contribution < -0.4 is 4.74 Å². The van der Waals surface area contributed by atoms with E-state index >= 15 is 0 Å². The Morgan fingerprint density at radius 2 is 1.82 bits per heavy atom. The molecule has 1 aromatic heterocycles. The van der Waals surface area contributed by atoms with Crippen LogP contribution in [0, 0.1) is 6.92 Å². The number of methoxy groups -OCH3 is 1. The first-order valence-electron chi connectivity index (χ1n) is 10.3. The highest BCUT2D eigenvalue weighted by Crippen LogP contribution is 2.40. The summed E-state index contributed by atoms with van der Waals surface area (Å²) in [6, 6.07) is 8.79. The van der Waals surface area contributed by atoms with Crippen molar-refractivity contribution in [2.45, 2.75) is 38.5 Å². The molecule has 3 heterocycles. The van der Waals surface area contributed by atoms with E-state index in [9.17, 15) is 4.79 Å². The summed E-state index contributed by atoms with van der Waals surface area (Å²) < 4.78 is 5.76. The second-order valence-electron chi connectivity index (χ2n) is 8.16. The van der Waals surface area contributed by atoms with Crippen LogP contribution in [0.3, 0.4) is 0 Å². The molecular formula is C23H30N2O2S. The van der Waals surface area contributed by atoms with E-state index in [1.165, 1.54) is 18.4 Å². The summed E-state index contributed by atoms with van der Waals surface area (Å²) in [4.78, 5) is 19.2. The smallest absolute Gasteiger partial charge is 0.264 e. The summed E-state index contributed by atoms with van der Waals surface area (Å²) in [6.45, 7) is 6.13. The number of nitrogens with zero attached hydrogens (tertiary/aromatic N) is 2. The molecule has 2 fully saturated rings. The van der Waals surface area contributed by atoms with E-state index in [1.54, 1.807) is 18.4 Å². The lowest BCUT2D eigenvalue weighted by Gasteiger charge is -2.29. The summed E-state index contributed by atoms with van der Waals surface area (Å²) in [7, 11) is 3.94. The Labute approximate surface area is 172 Å². The van der Waals surface area contributed by atoms with Crippen molar-refractivity contribution in [3.05, 3.63) is 40.3 Å². The van der Waals surface area contributed by atoms with Gasteiger partial charge in [0.2, 0.25) is 0 Å². The molecule has 0 atom stereocenters. The average molecular weight is 399 g/mol. The number of piperidine rings is 1. The summed E-state index contributed by atoms with van der Waals surface area (Å²) in [5.41, 5.74) is 3.53. The number of ether oxygens (including phenoxy) is 1. The molecule has 0 bridgehead atoms. The third-order valence-electron chi connectivity index (χ3n) is 6.19. The maximum absolute atomic E-state index is 12.9. The maximum atomic E-state index is 12.9. The summed E-state index contributed by atoms with van der Waals surface area (Å²) in [5, 5.41) is 0. The lowest BCUT2D eigenvalue weighted by molar-refractivity contribution is 0.0797. The van der Waals surface area contributed by atoms with Crippen LogP contribution in [0.5, 0.6) is 5.75 Å². The third kappa shape index (κ3) is 3.83. The van der Waals surface area contributed by atoms with Crippen LogP contribution in [0.4, 0.5) is 0 Å². The predicted molar refractivity (Wildman–Crippen MR) is 116 cm³/mol. The van der Waals surface area contributed by atoms with Crippen LogP contribution >= 0.6 is 11.3 Å². The molecule has 4 rings (SSSR count). The molecule has 2 aromatic rings. The van der Waals surface area contributed by atoms with Crippen LogP contribution in [0.1, 0.15) is 52.4 Å². The topological polar surface area (TPSA) is 32.8 Å². The van der Waals surface area contributed by atoms with Crippen molar-refractivity contribution in [3.63, 3.8) is 0 Å². The minimum Gasteiger partial charge on any atom is -0.496 e. The van der Waals surface area contributed by atoms with Gasteiger partial charge in [-0.2, -0.15) is 0 Å². The standard InChI is InChI=1S/C23H30N2O2S/c1-16-14-21(28-22(16)23(26)25-10-4-5-11-25)19-7-6-18(15-20(19)27-3)17-8-12-24(2)13-9-17/h6-7,14-15,17H,4-5,8-13H2,1-3H3. The number of likely N-dealkylation sites (tertiary alicyclic amines) is 2. The first-order valence-corrected chi connectivity index (χ1v) is 11.1. The van der Waals surface area contributed by atoms with Gasteiger partial charge in [-0.15, -0.1) is 11.3 Å². The highest BCUT2D eigenvalue weighted by atomic mass is 32.1. The van der Waals surface area contributed by atoms with E-state index in [2.05, 4.69) is 36.2 Å². The number of hydrogen-bond donors (Lipinski definition) is 0.